The molecule has 0 saturated carbocycles. The lowest BCUT2D eigenvalue weighted by Gasteiger charge is -2.08. The molecule has 0 spiro atoms. The molecule has 2 rings (SSSR count). The third-order valence-corrected chi connectivity index (χ3v) is 5.19. The van der Waals surface area contributed by atoms with Crippen molar-refractivity contribution in [3.63, 3.8) is 0 Å². The number of azide groups is 1. The van der Waals surface area contributed by atoms with Crippen molar-refractivity contribution in [2.24, 2.45) is 4.52 Å². The van der Waals surface area contributed by atoms with Gasteiger partial charge in [0.25, 0.3) is 15.7 Å². The second-order valence-corrected chi connectivity index (χ2v) is 7.42. The molecule has 0 atom stereocenters. The average Bonchev–Trinajstić information content (AvgIpc) is 2.59. The van der Waals surface area contributed by atoms with E-state index in [1.807, 2.05) is 30.3 Å². The molecule has 9 nitrogen and oxygen atoms in total. The highest BCUT2D eigenvalue weighted by molar-refractivity contribution is 7.99. The summed E-state index contributed by atoms with van der Waals surface area (Å²) in [4.78, 5) is 13.4. The van der Waals surface area contributed by atoms with Gasteiger partial charge in [-0.25, -0.2) is 8.42 Å². The fraction of sp³-hybridized carbons (Fsp3) is 0.143. The Hall–Kier alpha value is -2.75. The molecule has 1 N–H and O–H groups in total. The Balaban J connectivity index is 2.10. The first kappa shape index (κ1) is 18.6. The monoisotopic (exact) mass is 379 g/mol. The van der Waals surface area contributed by atoms with Crippen LogP contribution in [0.1, 0.15) is 0 Å². The molecule has 0 aliphatic heterocycles. The molecule has 0 bridgehead atoms. The molecule has 0 aliphatic carbocycles. The normalized spacial score (nSPS) is 10.7. The first-order chi connectivity index (χ1) is 11.9. The minimum absolute atomic E-state index is 0.193. The second kappa shape index (κ2) is 8.38. The van der Waals surface area contributed by atoms with E-state index in [0.717, 1.165) is 17.0 Å². The van der Waals surface area contributed by atoms with E-state index >= 15 is 0 Å². The maximum atomic E-state index is 11.7. The summed E-state index contributed by atoms with van der Waals surface area (Å²) in [7, 11) is -4.27. The number of rotatable bonds is 8. The smallest absolute Gasteiger partial charge is 0.293 e. The Kier molecular flexibility index (Phi) is 6.23. The van der Waals surface area contributed by atoms with E-state index in [1.54, 1.807) is 11.8 Å². The van der Waals surface area contributed by atoms with Crippen molar-refractivity contribution in [2.75, 3.05) is 17.6 Å². The lowest BCUT2D eigenvalue weighted by atomic mass is 10.2. The average molecular weight is 379 g/mol. The van der Waals surface area contributed by atoms with E-state index in [-0.39, 0.29) is 5.69 Å². The maximum Gasteiger partial charge on any atom is 0.293 e. The maximum absolute atomic E-state index is 11.7. The molecule has 0 saturated heterocycles. The molecule has 11 heteroatoms. The van der Waals surface area contributed by atoms with Crippen molar-refractivity contribution < 1.29 is 13.3 Å². The minimum Gasteiger partial charge on any atom is -0.379 e. The van der Waals surface area contributed by atoms with Crippen molar-refractivity contribution in [2.45, 2.75) is 9.79 Å². The van der Waals surface area contributed by atoms with Crippen LogP contribution >= 0.6 is 11.8 Å². The zero-order valence-corrected chi connectivity index (χ0v) is 14.4. The Labute approximate surface area is 147 Å². The molecule has 0 fully saturated rings. The SMILES string of the molecule is [N-]=[N+]=NS(=O)(=O)c1ccc(NCCSc2ccccc2)c([N+](=O)[O-])c1. The van der Waals surface area contributed by atoms with Crippen LogP contribution < -0.4 is 5.32 Å². The van der Waals surface area contributed by atoms with Crippen LogP contribution in [0.3, 0.4) is 0 Å². The largest absolute Gasteiger partial charge is 0.379 e. The van der Waals surface area contributed by atoms with Gasteiger partial charge in [0.2, 0.25) is 0 Å². The summed E-state index contributed by atoms with van der Waals surface area (Å²) in [5, 5.41) is 14.1. The van der Waals surface area contributed by atoms with Gasteiger partial charge < -0.3 is 5.32 Å². The van der Waals surface area contributed by atoms with Gasteiger partial charge in [-0.2, -0.15) is 0 Å². The van der Waals surface area contributed by atoms with Crippen molar-refractivity contribution in [1.29, 1.82) is 0 Å². The highest BCUT2D eigenvalue weighted by Gasteiger charge is 2.20. The predicted molar refractivity (Wildman–Crippen MR) is 95.1 cm³/mol. The van der Waals surface area contributed by atoms with E-state index in [4.69, 9.17) is 5.53 Å². The minimum atomic E-state index is -4.27. The van der Waals surface area contributed by atoms with Crippen LogP contribution in [-0.2, 0) is 10.0 Å². The summed E-state index contributed by atoms with van der Waals surface area (Å²) in [5.74, 6) is 0.667. The molecule has 0 aromatic heterocycles. The lowest BCUT2D eigenvalue weighted by Crippen LogP contribution is -2.07. The Morgan fingerprint density at radius 3 is 2.60 bits per heavy atom. The van der Waals surface area contributed by atoms with Crippen molar-refractivity contribution in [3.8, 4) is 0 Å². The van der Waals surface area contributed by atoms with Gasteiger partial charge in [0, 0.05) is 32.7 Å². The van der Waals surface area contributed by atoms with Crippen LogP contribution in [0.5, 0.6) is 0 Å². The van der Waals surface area contributed by atoms with Crippen molar-refractivity contribution in [3.05, 3.63) is 69.1 Å². The second-order valence-electron chi connectivity index (χ2n) is 4.67. The number of hydrogen-bond acceptors (Lipinski definition) is 6. The van der Waals surface area contributed by atoms with Crippen LogP contribution in [0.2, 0.25) is 0 Å². The van der Waals surface area contributed by atoms with Crippen LogP contribution in [0.15, 0.2) is 62.8 Å². The Morgan fingerprint density at radius 2 is 1.96 bits per heavy atom. The topological polar surface area (TPSA) is 138 Å². The Bertz CT molecular complexity index is 912. The van der Waals surface area contributed by atoms with E-state index in [9.17, 15) is 18.5 Å². The van der Waals surface area contributed by atoms with Gasteiger partial charge in [0.05, 0.1) is 9.82 Å². The summed E-state index contributed by atoms with van der Waals surface area (Å²) in [6.07, 6.45) is 0. The van der Waals surface area contributed by atoms with Crippen LogP contribution in [0.25, 0.3) is 10.4 Å². The summed E-state index contributed by atoms with van der Waals surface area (Å²) >= 11 is 1.58. The number of hydrogen-bond donors (Lipinski definition) is 1. The summed E-state index contributed by atoms with van der Waals surface area (Å²) in [5.41, 5.74) is 8.05. The molecule has 0 aliphatic rings. The third-order valence-electron chi connectivity index (χ3n) is 3.04. The molecular weight excluding hydrogens is 366 g/mol. The van der Waals surface area contributed by atoms with E-state index in [0.29, 0.717) is 12.3 Å². The van der Waals surface area contributed by atoms with E-state index < -0.39 is 25.5 Å². The summed E-state index contributed by atoms with van der Waals surface area (Å²) < 4.78 is 26.0. The molecule has 2 aromatic carbocycles. The molecule has 0 unspecified atom stereocenters. The highest BCUT2D eigenvalue weighted by atomic mass is 32.2. The number of nitrogens with one attached hydrogen (secondary N) is 1. The van der Waals surface area contributed by atoms with Crippen LogP contribution in [0.4, 0.5) is 11.4 Å². The molecule has 0 heterocycles. The van der Waals surface area contributed by atoms with Gasteiger partial charge >= 0.3 is 0 Å². The zero-order chi connectivity index (χ0) is 18.3. The number of sulfonamides is 1. The molecular formula is C14H13N5O4S2. The number of thioether (sulfide) groups is 1. The molecule has 0 amide bonds. The van der Waals surface area contributed by atoms with E-state index in [1.165, 1.54) is 6.07 Å². The highest BCUT2D eigenvalue weighted by Crippen LogP contribution is 2.28. The first-order valence-corrected chi connectivity index (χ1v) is 9.38. The number of anilines is 1. The van der Waals surface area contributed by atoms with Crippen molar-refractivity contribution in [1.82, 2.24) is 0 Å². The number of benzene rings is 2. The van der Waals surface area contributed by atoms with Crippen LogP contribution in [-0.4, -0.2) is 25.6 Å². The summed E-state index contributed by atoms with van der Waals surface area (Å²) in [6, 6.07) is 13.0. The quantitative estimate of drug-likeness (QED) is 0.141. The molecule has 0 radical (unpaired) electrons. The van der Waals surface area contributed by atoms with Gasteiger partial charge in [-0.1, -0.05) is 18.2 Å². The van der Waals surface area contributed by atoms with Gasteiger partial charge in [0.1, 0.15) is 5.69 Å². The van der Waals surface area contributed by atoms with Gasteiger partial charge in [-0.3, -0.25) is 10.1 Å². The van der Waals surface area contributed by atoms with Gasteiger partial charge in [0.15, 0.2) is 0 Å². The van der Waals surface area contributed by atoms with Gasteiger partial charge in [-0.15, -0.1) is 11.8 Å². The first-order valence-electron chi connectivity index (χ1n) is 6.95. The fourth-order valence-electron chi connectivity index (χ4n) is 1.94. The standard InChI is InChI=1S/C14H13N5O4S2/c15-17-18-25(22,23)12-6-7-13(14(10-12)19(20)21)16-8-9-24-11-4-2-1-3-5-11/h1-7,10,16H,8-9H2. The Morgan fingerprint density at radius 1 is 1.24 bits per heavy atom. The van der Waals surface area contributed by atoms with Crippen molar-refractivity contribution >= 4 is 33.2 Å². The van der Waals surface area contributed by atoms with Crippen LogP contribution in [0, 0.1) is 10.1 Å². The fourth-order valence-corrected chi connectivity index (χ4v) is 3.42. The summed E-state index contributed by atoms with van der Waals surface area (Å²) in [6.45, 7) is 0.447. The van der Waals surface area contributed by atoms with Gasteiger partial charge in [-0.05, 0) is 29.8 Å². The molecule has 2 aromatic rings. The van der Waals surface area contributed by atoms with E-state index in [2.05, 4.69) is 14.7 Å². The predicted octanol–water partition coefficient (Wildman–Crippen LogP) is 3.80. The number of nitrogens with zero attached hydrogens (tertiary/aromatic N) is 4. The third kappa shape index (κ3) is 5.11. The lowest BCUT2D eigenvalue weighted by molar-refractivity contribution is -0.384. The zero-order valence-electron chi connectivity index (χ0n) is 12.8. The molecule has 25 heavy (non-hydrogen) atoms. The molecule has 130 valence electrons. The number of nitro benzene ring substituents is 1. The number of nitro groups is 1.